The van der Waals surface area contributed by atoms with E-state index >= 15 is 0 Å². The van der Waals surface area contributed by atoms with Crippen LogP contribution in [0.2, 0.25) is 0 Å². The van der Waals surface area contributed by atoms with Crippen molar-refractivity contribution in [1.82, 2.24) is 0 Å². The molecule has 1 N–H and O–H groups in total. The predicted octanol–water partition coefficient (Wildman–Crippen LogP) is 5.02. The van der Waals surface area contributed by atoms with Crippen molar-refractivity contribution in [1.29, 1.82) is 0 Å². The second kappa shape index (κ2) is 9.82. The number of amides is 1. The number of carbonyl (C=O) groups excluding carboxylic acids is 1. The van der Waals surface area contributed by atoms with Gasteiger partial charge < -0.3 is 5.32 Å². The van der Waals surface area contributed by atoms with E-state index in [1.165, 1.54) is 10.4 Å². The van der Waals surface area contributed by atoms with Crippen molar-refractivity contribution in [2.45, 2.75) is 17.6 Å². The topological polar surface area (TPSA) is 66.5 Å². The molecule has 30 heavy (non-hydrogen) atoms. The summed E-state index contributed by atoms with van der Waals surface area (Å²) in [6.07, 6.45) is 2.02. The summed E-state index contributed by atoms with van der Waals surface area (Å²) < 4.78 is 28.1. The Kier molecular flexibility index (Phi) is 7.18. The van der Waals surface area contributed by atoms with Gasteiger partial charge >= 0.3 is 0 Å². The fourth-order valence-corrected chi connectivity index (χ4v) is 5.26. The highest BCUT2D eigenvalue weighted by atomic mass is 32.2. The highest BCUT2D eigenvalue weighted by Gasteiger charge is 2.26. The zero-order valence-electron chi connectivity index (χ0n) is 16.9. The molecule has 0 bridgehead atoms. The molecule has 5 nitrogen and oxygen atoms in total. The maximum atomic E-state index is 13.4. The third kappa shape index (κ3) is 4.86. The van der Waals surface area contributed by atoms with Crippen molar-refractivity contribution < 1.29 is 13.2 Å². The summed E-state index contributed by atoms with van der Waals surface area (Å²) in [4.78, 5) is 12.8. The van der Waals surface area contributed by atoms with Crippen LogP contribution in [0.3, 0.4) is 0 Å². The molecule has 156 valence electrons. The highest BCUT2D eigenvalue weighted by molar-refractivity contribution is 7.97. The second-order valence-electron chi connectivity index (χ2n) is 6.59. The van der Waals surface area contributed by atoms with E-state index in [0.29, 0.717) is 11.3 Å². The first kappa shape index (κ1) is 21.9. The van der Waals surface area contributed by atoms with Crippen LogP contribution >= 0.6 is 11.8 Å². The Balaban J connectivity index is 1.91. The summed E-state index contributed by atoms with van der Waals surface area (Å²) in [7, 11) is -3.86. The molecule has 3 aromatic carbocycles. The lowest BCUT2D eigenvalue weighted by Crippen LogP contribution is -2.31. The van der Waals surface area contributed by atoms with E-state index < -0.39 is 10.0 Å². The SMILES string of the molecule is CCN(c1ccccc1)S(=O)(=O)c1ccccc1NC(=O)c1ccc(CSC)cc1. The number of nitrogens with one attached hydrogen (secondary N) is 1. The fraction of sp³-hybridized carbons (Fsp3) is 0.174. The lowest BCUT2D eigenvalue weighted by atomic mass is 10.1. The first-order valence-electron chi connectivity index (χ1n) is 9.53. The van der Waals surface area contributed by atoms with E-state index in [4.69, 9.17) is 0 Å². The Bertz CT molecular complexity index is 1100. The summed E-state index contributed by atoms with van der Waals surface area (Å²) in [6, 6.07) is 22.7. The number of hydrogen-bond donors (Lipinski definition) is 1. The van der Waals surface area contributed by atoms with E-state index in [9.17, 15) is 13.2 Å². The molecule has 0 radical (unpaired) electrons. The minimum Gasteiger partial charge on any atom is -0.321 e. The highest BCUT2D eigenvalue weighted by Crippen LogP contribution is 2.28. The number of hydrogen-bond acceptors (Lipinski definition) is 4. The molecule has 0 fully saturated rings. The molecule has 3 aromatic rings. The number of nitrogens with zero attached hydrogens (tertiary/aromatic N) is 1. The van der Waals surface area contributed by atoms with Crippen LogP contribution in [-0.2, 0) is 15.8 Å². The summed E-state index contributed by atoms with van der Waals surface area (Å²) in [5.74, 6) is 0.520. The van der Waals surface area contributed by atoms with Gasteiger partial charge in [-0.2, -0.15) is 11.8 Å². The molecule has 3 rings (SSSR count). The first-order chi connectivity index (χ1) is 14.5. The number of anilines is 2. The van der Waals surface area contributed by atoms with Crippen molar-refractivity contribution in [2.75, 3.05) is 22.4 Å². The number of thioether (sulfide) groups is 1. The Morgan fingerprint density at radius 2 is 1.57 bits per heavy atom. The Morgan fingerprint density at radius 3 is 2.20 bits per heavy atom. The van der Waals surface area contributed by atoms with Gasteiger partial charge in [0.05, 0.1) is 11.4 Å². The number of carbonyl (C=O) groups is 1. The first-order valence-corrected chi connectivity index (χ1v) is 12.4. The molecule has 0 spiro atoms. The molecule has 0 aliphatic rings. The van der Waals surface area contributed by atoms with E-state index in [2.05, 4.69) is 5.32 Å². The van der Waals surface area contributed by atoms with Crippen LogP contribution in [0.4, 0.5) is 11.4 Å². The summed E-state index contributed by atoms with van der Waals surface area (Å²) in [5, 5.41) is 2.76. The van der Waals surface area contributed by atoms with Gasteiger partial charge in [0, 0.05) is 17.9 Å². The molecule has 0 aliphatic heterocycles. The van der Waals surface area contributed by atoms with Crippen LogP contribution < -0.4 is 9.62 Å². The largest absolute Gasteiger partial charge is 0.321 e. The number of rotatable bonds is 8. The Morgan fingerprint density at radius 1 is 0.933 bits per heavy atom. The molecule has 1 amide bonds. The van der Waals surface area contributed by atoms with E-state index in [1.807, 2.05) is 24.5 Å². The van der Waals surface area contributed by atoms with Gasteiger partial charge in [-0.25, -0.2) is 8.42 Å². The molecule has 0 unspecified atom stereocenters. The average molecular weight is 441 g/mol. The fourth-order valence-electron chi connectivity index (χ4n) is 3.11. The quantitative estimate of drug-likeness (QED) is 0.534. The van der Waals surface area contributed by atoms with Gasteiger partial charge in [-0.3, -0.25) is 9.10 Å². The summed E-state index contributed by atoms with van der Waals surface area (Å²) in [5.41, 5.74) is 2.43. The third-order valence-corrected chi connectivity index (χ3v) is 7.14. The molecule has 7 heteroatoms. The third-order valence-electron chi connectivity index (χ3n) is 4.56. The molecular formula is C23H24N2O3S2. The molecule has 0 atom stereocenters. The molecule has 0 aromatic heterocycles. The predicted molar refractivity (Wildman–Crippen MR) is 125 cm³/mol. The molecule has 0 saturated heterocycles. The van der Waals surface area contributed by atoms with Crippen LogP contribution in [0.1, 0.15) is 22.8 Å². The van der Waals surface area contributed by atoms with Crippen LogP contribution in [0.15, 0.2) is 83.8 Å². The maximum absolute atomic E-state index is 13.4. The Hall–Kier alpha value is -2.77. The van der Waals surface area contributed by atoms with Crippen LogP contribution in [-0.4, -0.2) is 27.1 Å². The molecular weight excluding hydrogens is 416 g/mol. The van der Waals surface area contributed by atoms with Gasteiger partial charge in [-0.05, 0) is 55.1 Å². The second-order valence-corrected chi connectivity index (χ2v) is 9.28. The van der Waals surface area contributed by atoms with Gasteiger partial charge in [-0.1, -0.05) is 42.5 Å². The summed E-state index contributed by atoms with van der Waals surface area (Å²) >= 11 is 1.71. The smallest absolute Gasteiger partial charge is 0.266 e. The van der Waals surface area contributed by atoms with Crippen molar-refractivity contribution in [2.24, 2.45) is 0 Å². The average Bonchev–Trinajstić information content (AvgIpc) is 2.76. The van der Waals surface area contributed by atoms with Crippen molar-refractivity contribution in [3.63, 3.8) is 0 Å². The molecule has 0 heterocycles. The number of para-hydroxylation sites is 2. The monoisotopic (exact) mass is 440 g/mol. The van der Waals surface area contributed by atoms with E-state index in [-0.39, 0.29) is 23.0 Å². The van der Waals surface area contributed by atoms with E-state index in [0.717, 1.165) is 11.3 Å². The van der Waals surface area contributed by atoms with Gasteiger partial charge in [-0.15, -0.1) is 0 Å². The maximum Gasteiger partial charge on any atom is 0.266 e. The molecule has 0 saturated carbocycles. The normalized spacial score (nSPS) is 11.1. The van der Waals surface area contributed by atoms with Crippen LogP contribution in [0, 0.1) is 0 Å². The zero-order valence-corrected chi connectivity index (χ0v) is 18.5. The van der Waals surface area contributed by atoms with Crippen LogP contribution in [0.5, 0.6) is 0 Å². The minimum absolute atomic E-state index is 0.0584. The summed E-state index contributed by atoms with van der Waals surface area (Å²) in [6.45, 7) is 2.05. The lowest BCUT2D eigenvalue weighted by Gasteiger charge is -2.24. The van der Waals surface area contributed by atoms with E-state index in [1.54, 1.807) is 73.3 Å². The van der Waals surface area contributed by atoms with Gasteiger partial charge in [0.1, 0.15) is 4.90 Å². The van der Waals surface area contributed by atoms with Gasteiger partial charge in [0.2, 0.25) is 0 Å². The molecule has 0 aliphatic carbocycles. The van der Waals surface area contributed by atoms with Crippen LogP contribution in [0.25, 0.3) is 0 Å². The van der Waals surface area contributed by atoms with Crippen molar-refractivity contribution in [3.05, 3.63) is 90.0 Å². The number of benzene rings is 3. The standard InChI is InChI=1S/C23H24N2O3S2/c1-3-25(20-9-5-4-6-10-20)30(27,28)22-12-8-7-11-21(22)24-23(26)19-15-13-18(14-16-19)17-29-2/h4-16H,3,17H2,1-2H3,(H,24,26). The van der Waals surface area contributed by atoms with Crippen molar-refractivity contribution >= 4 is 39.1 Å². The zero-order chi connectivity index (χ0) is 21.6. The Labute approximate surface area is 182 Å². The van der Waals surface area contributed by atoms with Gasteiger partial charge in [0.25, 0.3) is 15.9 Å². The van der Waals surface area contributed by atoms with Crippen molar-refractivity contribution in [3.8, 4) is 0 Å². The number of sulfonamides is 1. The lowest BCUT2D eigenvalue weighted by molar-refractivity contribution is 0.102. The minimum atomic E-state index is -3.86. The van der Waals surface area contributed by atoms with Gasteiger partial charge in [0.15, 0.2) is 0 Å².